The average Bonchev–Trinajstić information content (AvgIpc) is 3.26. The highest BCUT2D eigenvalue weighted by Gasteiger charge is 2.40. The zero-order chi connectivity index (χ0) is 21.5. The van der Waals surface area contributed by atoms with Crippen LogP contribution in [-0.2, 0) is 4.79 Å². The molecule has 2 aliphatic heterocycles. The minimum Gasteiger partial charge on any atom is -0.337 e. The summed E-state index contributed by atoms with van der Waals surface area (Å²) in [5.41, 5.74) is 3.84. The summed E-state index contributed by atoms with van der Waals surface area (Å²) in [4.78, 5) is 24.2. The second-order valence-corrected chi connectivity index (χ2v) is 10.1. The molecule has 1 amide bonds. The number of carbonyl (C=O) groups excluding carboxylic acids is 1. The standard InChI is InChI=1S/C24H18BrN3OS2/c1-15-6-5-7-18(14-15)28-22(29)21(23-27(2)19-8-3-4-9-20(19)30-23)31-24(28)26-17-12-10-16(25)11-13-17/h3-14H,1-2H3/b23-21-,26-24?. The van der Waals surface area contributed by atoms with Gasteiger partial charge in [0.15, 0.2) is 5.17 Å². The van der Waals surface area contributed by atoms with Gasteiger partial charge in [-0.15, -0.1) is 0 Å². The van der Waals surface area contributed by atoms with Crippen molar-refractivity contribution in [1.29, 1.82) is 0 Å². The molecule has 4 nitrogen and oxygen atoms in total. The minimum atomic E-state index is -0.0476. The fourth-order valence-electron chi connectivity index (χ4n) is 3.50. The van der Waals surface area contributed by atoms with E-state index in [1.807, 2.05) is 74.6 Å². The number of hydrogen-bond donors (Lipinski definition) is 0. The number of halogens is 1. The first-order valence-corrected chi connectivity index (χ1v) is 12.1. The van der Waals surface area contributed by atoms with Gasteiger partial charge in [-0.1, -0.05) is 52.0 Å². The quantitative estimate of drug-likeness (QED) is 0.352. The zero-order valence-corrected chi connectivity index (χ0v) is 20.1. The van der Waals surface area contributed by atoms with E-state index in [9.17, 15) is 4.79 Å². The van der Waals surface area contributed by atoms with Crippen molar-refractivity contribution in [2.24, 2.45) is 4.99 Å². The molecule has 31 heavy (non-hydrogen) atoms. The summed E-state index contributed by atoms with van der Waals surface area (Å²) >= 11 is 6.53. The molecular weight excluding hydrogens is 490 g/mol. The van der Waals surface area contributed by atoms with Crippen molar-refractivity contribution in [3.63, 3.8) is 0 Å². The molecule has 0 aromatic heterocycles. The number of fused-ring (bicyclic) bond motifs is 1. The Morgan fingerprint density at radius 1 is 0.935 bits per heavy atom. The molecule has 7 heteroatoms. The molecule has 0 bridgehead atoms. The Bertz CT molecular complexity index is 1250. The lowest BCUT2D eigenvalue weighted by Crippen LogP contribution is -2.29. The molecule has 0 spiro atoms. The van der Waals surface area contributed by atoms with Gasteiger partial charge in [-0.25, -0.2) is 4.99 Å². The van der Waals surface area contributed by atoms with Crippen molar-refractivity contribution in [1.82, 2.24) is 0 Å². The van der Waals surface area contributed by atoms with Crippen molar-refractivity contribution in [2.75, 3.05) is 16.8 Å². The molecule has 0 atom stereocenters. The zero-order valence-electron chi connectivity index (χ0n) is 16.9. The first kappa shape index (κ1) is 20.4. The molecule has 0 saturated carbocycles. The topological polar surface area (TPSA) is 35.9 Å². The van der Waals surface area contributed by atoms with E-state index in [2.05, 4.69) is 33.0 Å². The molecule has 0 radical (unpaired) electrons. The lowest BCUT2D eigenvalue weighted by molar-refractivity contribution is -0.113. The number of carbonyl (C=O) groups is 1. The Labute approximate surface area is 198 Å². The van der Waals surface area contributed by atoms with E-state index in [1.165, 1.54) is 11.8 Å². The normalized spacial score (nSPS) is 19.5. The second-order valence-electron chi connectivity index (χ2n) is 7.22. The van der Waals surface area contributed by atoms with Crippen LogP contribution in [0.3, 0.4) is 0 Å². The van der Waals surface area contributed by atoms with Gasteiger partial charge in [-0.05, 0) is 72.8 Å². The van der Waals surface area contributed by atoms with E-state index in [0.29, 0.717) is 10.1 Å². The smallest absolute Gasteiger partial charge is 0.274 e. The van der Waals surface area contributed by atoms with Gasteiger partial charge in [0, 0.05) is 16.4 Å². The van der Waals surface area contributed by atoms with E-state index in [4.69, 9.17) is 4.99 Å². The van der Waals surface area contributed by atoms with Crippen molar-refractivity contribution in [3.05, 3.63) is 92.8 Å². The third-order valence-electron chi connectivity index (χ3n) is 5.03. The van der Waals surface area contributed by atoms with Crippen LogP contribution in [0.2, 0.25) is 0 Å². The third kappa shape index (κ3) is 3.82. The van der Waals surface area contributed by atoms with Gasteiger partial charge < -0.3 is 4.90 Å². The molecule has 0 aliphatic carbocycles. The van der Waals surface area contributed by atoms with Gasteiger partial charge in [0.1, 0.15) is 4.91 Å². The van der Waals surface area contributed by atoms with E-state index >= 15 is 0 Å². The Hall–Kier alpha value is -2.48. The molecule has 1 saturated heterocycles. The van der Waals surface area contributed by atoms with Gasteiger partial charge in [0.05, 0.1) is 22.1 Å². The minimum absolute atomic E-state index is 0.0476. The van der Waals surface area contributed by atoms with E-state index in [0.717, 1.165) is 37.0 Å². The van der Waals surface area contributed by atoms with Crippen molar-refractivity contribution >= 4 is 67.6 Å². The monoisotopic (exact) mass is 507 g/mol. The Balaban J connectivity index is 1.62. The van der Waals surface area contributed by atoms with Crippen LogP contribution in [-0.4, -0.2) is 18.1 Å². The SMILES string of the molecule is Cc1cccc(N2C(=O)/C(=C3/Sc4ccccc4N3C)SC2=Nc2ccc(Br)cc2)c1. The molecule has 2 aliphatic rings. The molecule has 1 fully saturated rings. The number of nitrogens with zero attached hydrogens (tertiary/aromatic N) is 3. The maximum atomic E-state index is 13.7. The fourth-order valence-corrected chi connectivity index (χ4v) is 6.11. The highest BCUT2D eigenvalue weighted by Crippen LogP contribution is 2.50. The number of amidine groups is 1. The number of hydrogen-bond acceptors (Lipinski definition) is 5. The molecule has 154 valence electrons. The van der Waals surface area contributed by atoms with Gasteiger partial charge in [0.25, 0.3) is 5.91 Å². The predicted molar refractivity (Wildman–Crippen MR) is 135 cm³/mol. The van der Waals surface area contributed by atoms with Crippen LogP contribution in [0.1, 0.15) is 5.56 Å². The second kappa shape index (κ2) is 8.22. The van der Waals surface area contributed by atoms with E-state index < -0.39 is 0 Å². The van der Waals surface area contributed by atoms with Crippen molar-refractivity contribution in [3.8, 4) is 0 Å². The highest BCUT2D eigenvalue weighted by atomic mass is 79.9. The van der Waals surface area contributed by atoms with Crippen LogP contribution in [0.25, 0.3) is 0 Å². The number of aliphatic imine (C=N–C) groups is 1. The third-order valence-corrected chi connectivity index (χ3v) is 7.95. The molecular formula is C24H18BrN3OS2. The maximum absolute atomic E-state index is 13.7. The van der Waals surface area contributed by atoms with Crippen LogP contribution in [0.5, 0.6) is 0 Å². The van der Waals surface area contributed by atoms with Crippen molar-refractivity contribution < 1.29 is 4.79 Å². The number of amides is 1. The number of para-hydroxylation sites is 1. The first-order chi connectivity index (χ1) is 15.0. The molecule has 5 rings (SSSR count). The van der Waals surface area contributed by atoms with Crippen LogP contribution in [0.4, 0.5) is 17.1 Å². The molecule has 0 N–H and O–H groups in total. The predicted octanol–water partition coefficient (Wildman–Crippen LogP) is 6.94. The summed E-state index contributed by atoms with van der Waals surface area (Å²) < 4.78 is 0.992. The van der Waals surface area contributed by atoms with Gasteiger partial charge in [0.2, 0.25) is 0 Å². The Kier molecular flexibility index (Phi) is 5.42. The van der Waals surface area contributed by atoms with Gasteiger partial charge >= 0.3 is 0 Å². The van der Waals surface area contributed by atoms with Crippen molar-refractivity contribution in [2.45, 2.75) is 11.8 Å². The molecule has 2 heterocycles. The molecule has 3 aromatic carbocycles. The lowest BCUT2D eigenvalue weighted by atomic mass is 10.2. The Morgan fingerprint density at radius 3 is 2.45 bits per heavy atom. The molecule has 0 unspecified atom stereocenters. The van der Waals surface area contributed by atoms with Gasteiger partial charge in [-0.2, -0.15) is 0 Å². The average molecular weight is 508 g/mol. The lowest BCUT2D eigenvalue weighted by Gasteiger charge is -2.17. The number of anilines is 2. The van der Waals surface area contributed by atoms with Crippen LogP contribution in [0, 0.1) is 6.92 Å². The summed E-state index contributed by atoms with van der Waals surface area (Å²) in [6.45, 7) is 2.03. The number of thioether (sulfide) groups is 2. The fraction of sp³-hybridized carbons (Fsp3) is 0.0833. The highest BCUT2D eigenvalue weighted by molar-refractivity contribution is 9.10. The van der Waals surface area contributed by atoms with Crippen LogP contribution in [0.15, 0.2) is 97.1 Å². The number of benzene rings is 3. The summed E-state index contributed by atoms with van der Waals surface area (Å²) in [6, 6.07) is 24.0. The maximum Gasteiger partial charge on any atom is 0.274 e. The van der Waals surface area contributed by atoms with Crippen LogP contribution >= 0.6 is 39.5 Å². The summed E-state index contributed by atoms with van der Waals surface area (Å²) in [6.07, 6.45) is 0. The van der Waals surface area contributed by atoms with E-state index in [1.54, 1.807) is 16.7 Å². The molecule has 3 aromatic rings. The van der Waals surface area contributed by atoms with Crippen LogP contribution < -0.4 is 9.80 Å². The largest absolute Gasteiger partial charge is 0.337 e. The Morgan fingerprint density at radius 2 is 1.71 bits per heavy atom. The number of rotatable bonds is 2. The first-order valence-electron chi connectivity index (χ1n) is 9.69. The summed E-state index contributed by atoms with van der Waals surface area (Å²) in [5, 5.41) is 1.60. The summed E-state index contributed by atoms with van der Waals surface area (Å²) in [7, 11) is 2.01. The number of aryl methyl sites for hydroxylation is 1. The van der Waals surface area contributed by atoms with E-state index in [-0.39, 0.29) is 5.91 Å². The summed E-state index contributed by atoms with van der Waals surface area (Å²) in [5.74, 6) is -0.0476. The van der Waals surface area contributed by atoms with Gasteiger partial charge in [-0.3, -0.25) is 9.69 Å².